The standard InChI is InChI=1S/C35H38N8O8S/c1-5-50-34(48)25-19-52-35(39-25)40-32(46)27-13-21(18-42(27)3)38-31(45)26-12-20(17-41(26)2)37-30(44)9-7-11-51-29-15-24-23(14-28(29)49-4)33(47)43-10-6-8-22(43)16-36-24/h12-19,22H,5-11H2,1-4H3,(H,37,44)(H,38,45)(H,39,40,46)/t22-/m0/s1. The maximum absolute atomic E-state index is 13.1. The first-order valence-corrected chi connectivity index (χ1v) is 17.5. The van der Waals surface area contributed by atoms with Gasteiger partial charge in [-0.1, -0.05) is 0 Å². The van der Waals surface area contributed by atoms with Gasteiger partial charge in [0.05, 0.1) is 49.0 Å². The molecule has 0 bridgehead atoms. The van der Waals surface area contributed by atoms with E-state index in [-0.39, 0.29) is 59.7 Å². The van der Waals surface area contributed by atoms with Crippen molar-refractivity contribution in [1.29, 1.82) is 0 Å². The van der Waals surface area contributed by atoms with Gasteiger partial charge in [-0.15, -0.1) is 11.3 Å². The molecule has 1 saturated heterocycles. The Morgan fingerprint density at radius 2 is 1.67 bits per heavy atom. The number of thiazole rings is 1. The van der Waals surface area contributed by atoms with E-state index in [2.05, 4.69) is 25.9 Å². The molecule has 4 aromatic rings. The van der Waals surface area contributed by atoms with Gasteiger partial charge in [0.15, 0.2) is 22.3 Å². The third kappa shape index (κ3) is 7.83. The van der Waals surface area contributed by atoms with Crippen LogP contribution in [-0.4, -0.2) is 87.7 Å². The Morgan fingerprint density at radius 3 is 2.38 bits per heavy atom. The molecule has 16 nitrogen and oxygen atoms in total. The SMILES string of the molecule is CCOC(=O)c1csc(NC(=O)c2cc(NC(=O)c3cc(NC(=O)CCCOc4cc5c(cc4OC)C(=O)N4CCC[C@H]4C=N5)cn3C)cn2C)n1. The van der Waals surface area contributed by atoms with Crippen LogP contribution >= 0.6 is 11.3 Å². The van der Waals surface area contributed by atoms with E-state index < -0.39 is 17.8 Å². The van der Waals surface area contributed by atoms with Crippen molar-refractivity contribution in [3.05, 3.63) is 64.7 Å². The highest BCUT2D eigenvalue weighted by atomic mass is 32.1. The number of benzene rings is 1. The highest BCUT2D eigenvalue weighted by Crippen LogP contribution is 2.38. The Morgan fingerprint density at radius 1 is 0.962 bits per heavy atom. The zero-order valence-electron chi connectivity index (χ0n) is 29.1. The molecule has 4 amide bonds. The Hall–Kier alpha value is -5.97. The van der Waals surface area contributed by atoms with Crippen LogP contribution in [0.1, 0.15) is 74.4 Å². The van der Waals surface area contributed by atoms with Gasteiger partial charge in [0.25, 0.3) is 17.7 Å². The summed E-state index contributed by atoms with van der Waals surface area (Å²) >= 11 is 1.09. The van der Waals surface area contributed by atoms with Crippen molar-refractivity contribution >= 4 is 69.3 Å². The molecule has 0 radical (unpaired) electrons. The highest BCUT2D eigenvalue weighted by molar-refractivity contribution is 7.14. The van der Waals surface area contributed by atoms with Gasteiger partial charge in [-0.05, 0) is 44.4 Å². The third-order valence-electron chi connectivity index (χ3n) is 8.49. The van der Waals surface area contributed by atoms with E-state index in [4.69, 9.17) is 14.2 Å². The summed E-state index contributed by atoms with van der Waals surface area (Å²) in [5, 5.41) is 9.96. The molecule has 1 fully saturated rings. The molecule has 3 N–H and O–H groups in total. The lowest BCUT2D eigenvalue weighted by Crippen LogP contribution is -2.35. The van der Waals surface area contributed by atoms with Crippen LogP contribution in [0.25, 0.3) is 0 Å². The monoisotopic (exact) mass is 730 g/mol. The fourth-order valence-electron chi connectivity index (χ4n) is 5.96. The largest absolute Gasteiger partial charge is 0.493 e. The molecular formula is C35H38N8O8S. The smallest absolute Gasteiger partial charge is 0.357 e. The minimum Gasteiger partial charge on any atom is -0.493 e. The molecule has 1 atom stereocenters. The molecular weight excluding hydrogens is 692 g/mol. The van der Waals surface area contributed by atoms with Crippen LogP contribution in [0.2, 0.25) is 0 Å². The van der Waals surface area contributed by atoms with Gasteiger partial charge in [0.1, 0.15) is 11.4 Å². The molecule has 6 rings (SSSR count). The first-order valence-electron chi connectivity index (χ1n) is 16.6. The molecule has 272 valence electrons. The number of rotatable bonds is 13. The number of nitrogens with zero attached hydrogens (tertiary/aromatic N) is 5. The van der Waals surface area contributed by atoms with E-state index in [1.54, 1.807) is 60.7 Å². The zero-order valence-corrected chi connectivity index (χ0v) is 29.9. The van der Waals surface area contributed by atoms with E-state index >= 15 is 0 Å². The molecule has 2 aliphatic rings. The molecule has 2 aliphatic heterocycles. The quantitative estimate of drug-likeness (QED) is 0.130. The van der Waals surface area contributed by atoms with E-state index in [1.807, 2.05) is 11.1 Å². The van der Waals surface area contributed by atoms with Gasteiger partial charge in [-0.3, -0.25) is 29.5 Å². The number of carbonyl (C=O) groups is 5. The second-order valence-corrected chi connectivity index (χ2v) is 13.0. The zero-order chi connectivity index (χ0) is 36.9. The Labute approximate surface area is 302 Å². The lowest BCUT2D eigenvalue weighted by Gasteiger charge is -2.20. The van der Waals surface area contributed by atoms with Crippen LogP contribution in [0.3, 0.4) is 0 Å². The number of amides is 4. The number of anilines is 3. The molecule has 0 unspecified atom stereocenters. The van der Waals surface area contributed by atoms with Crippen molar-refractivity contribution in [2.45, 2.75) is 38.6 Å². The van der Waals surface area contributed by atoms with Crippen molar-refractivity contribution in [2.24, 2.45) is 19.1 Å². The summed E-state index contributed by atoms with van der Waals surface area (Å²) in [6.07, 6.45) is 7.40. The third-order valence-corrected chi connectivity index (χ3v) is 9.25. The summed E-state index contributed by atoms with van der Waals surface area (Å²) in [6, 6.07) is 6.41. The maximum Gasteiger partial charge on any atom is 0.357 e. The molecule has 52 heavy (non-hydrogen) atoms. The van der Waals surface area contributed by atoms with Crippen molar-refractivity contribution < 1.29 is 38.2 Å². The van der Waals surface area contributed by atoms with Gasteiger partial charge in [0.2, 0.25) is 5.91 Å². The lowest BCUT2D eigenvalue weighted by molar-refractivity contribution is -0.116. The number of aromatic nitrogens is 3. The second kappa shape index (κ2) is 15.5. The average Bonchev–Trinajstić information content (AvgIpc) is 3.92. The van der Waals surface area contributed by atoms with Gasteiger partial charge in [-0.2, -0.15) is 0 Å². The minimum atomic E-state index is -0.577. The summed E-state index contributed by atoms with van der Waals surface area (Å²) in [5.74, 6) is -1.00. The fourth-order valence-corrected chi connectivity index (χ4v) is 6.64. The average molecular weight is 731 g/mol. The topological polar surface area (TPSA) is 187 Å². The minimum absolute atomic E-state index is 0.00661. The number of esters is 1. The highest BCUT2D eigenvalue weighted by Gasteiger charge is 2.32. The van der Waals surface area contributed by atoms with Crippen molar-refractivity contribution in [1.82, 2.24) is 19.0 Å². The molecule has 0 spiro atoms. The predicted molar refractivity (Wildman–Crippen MR) is 193 cm³/mol. The summed E-state index contributed by atoms with van der Waals surface area (Å²) in [6.45, 7) is 2.81. The summed E-state index contributed by atoms with van der Waals surface area (Å²) < 4.78 is 19.5. The van der Waals surface area contributed by atoms with E-state index in [9.17, 15) is 24.0 Å². The Bertz CT molecular complexity index is 2060. The number of nitrogens with one attached hydrogen (secondary N) is 3. The number of fused-ring (bicyclic) bond motifs is 2. The normalized spacial score (nSPS) is 14.7. The van der Waals surface area contributed by atoms with Crippen LogP contribution < -0.4 is 25.4 Å². The van der Waals surface area contributed by atoms with Crippen LogP contribution in [0.5, 0.6) is 11.5 Å². The van der Waals surface area contributed by atoms with Crippen LogP contribution in [-0.2, 0) is 23.6 Å². The van der Waals surface area contributed by atoms with Crippen LogP contribution in [0.4, 0.5) is 22.2 Å². The first-order chi connectivity index (χ1) is 25.0. The Kier molecular flexibility index (Phi) is 10.7. The van der Waals surface area contributed by atoms with Crippen molar-refractivity contribution in [2.75, 3.05) is 42.8 Å². The second-order valence-electron chi connectivity index (χ2n) is 12.1. The molecule has 0 saturated carbocycles. The van der Waals surface area contributed by atoms with E-state index in [0.29, 0.717) is 47.1 Å². The Balaban J connectivity index is 0.994. The number of ether oxygens (including phenoxy) is 3. The van der Waals surface area contributed by atoms with Gasteiger partial charge < -0.3 is 38.9 Å². The maximum atomic E-state index is 13.1. The summed E-state index contributed by atoms with van der Waals surface area (Å²) in [4.78, 5) is 74.3. The van der Waals surface area contributed by atoms with Gasteiger partial charge in [-0.25, -0.2) is 9.78 Å². The first kappa shape index (κ1) is 35.8. The molecule has 5 heterocycles. The van der Waals surface area contributed by atoms with Crippen molar-refractivity contribution in [3.8, 4) is 11.5 Å². The number of hydrogen-bond donors (Lipinski definition) is 3. The van der Waals surface area contributed by atoms with Crippen LogP contribution in [0, 0.1) is 0 Å². The number of methoxy groups -OCH3 is 1. The molecule has 0 aliphatic carbocycles. The number of aliphatic imine (C=N–C) groups is 1. The predicted octanol–water partition coefficient (Wildman–Crippen LogP) is 4.63. The van der Waals surface area contributed by atoms with Gasteiger partial charge in [0, 0.05) is 57.1 Å². The lowest BCUT2D eigenvalue weighted by atomic mass is 10.1. The molecule has 1 aromatic carbocycles. The van der Waals surface area contributed by atoms with Gasteiger partial charge >= 0.3 is 5.97 Å². The number of aryl methyl sites for hydroxylation is 2. The molecule has 17 heteroatoms. The summed E-state index contributed by atoms with van der Waals surface area (Å²) in [5.41, 5.74) is 2.43. The molecule has 3 aromatic heterocycles. The van der Waals surface area contributed by atoms with E-state index in [0.717, 1.165) is 24.2 Å². The number of hydrogen-bond acceptors (Lipinski definition) is 11. The van der Waals surface area contributed by atoms with Crippen LogP contribution in [0.15, 0.2) is 47.0 Å². The van der Waals surface area contributed by atoms with Crippen molar-refractivity contribution in [3.63, 3.8) is 0 Å². The fraction of sp³-hybridized carbons (Fsp3) is 0.343. The van der Waals surface area contributed by atoms with E-state index in [1.165, 1.54) is 18.6 Å². The summed E-state index contributed by atoms with van der Waals surface area (Å²) in [7, 11) is 4.84. The number of carbonyl (C=O) groups excluding carboxylic acids is 5.